The van der Waals surface area contributed by atoms with E-state index in [0.29, 0.717) is 6.54 Å². The summed E-state index contributed by atoms with van der Waals surface area (Å²) in [7, 11) is 0. The summed E-state index contributed by atoms with van der Waals surface area (Å²) in [6, 6.07) is 24.1. The number of nitrogens with zero attached hydrogens (tertiary/aromatic N) is 5. The van der Waals surface area contributed by atoms with Crippen molar-refractivity contribution in [3.63, 3.8) is 0 Å². The Hall–Kier alpha value is -3.44. The molecule has 0 N–H and O–H groups in total. The SMILES string of the molecule is Cc1cccc(-c2cccc(CN(Cc3ccccn3)Cc3ccccn3)n2)n1. The number of aryl methyl sites for hydroxylation is 1. The molecule has 29 heavy (non-hydrogen) atoms. The number of hydrogen-bond acceptors (Lipinski definition) is 5. The Labute approximate surface area is 171 Å². The second-order valence-corrected chi connectivity index (χ2v) is 6.97. The predicted octanol–water partition coefficient (Wildman–Crippen LogP) is 4.44. The van der Waals surface area contributed by atoms with Gasteiger partial charge in [0.05, 0.1) is 28.5 Å². The molecule has 0 atom stereocenters. The van der Waals surface area contributed by atoms with Crippen molar-refractivity contribution in [3.8, 4) is 11.4 Å². The lowest BCUT2D eigenvalue weighted by atomic mass is 10.2. The second-order valence-electron chi connectivity index (χ2n) is 6.97. The van der Waals surface area contributed by atoms with Gasteiger partial charge in [0.1, 0.15) is 0 Å². The van der Waals surface area contributed by atoms with Gasteiger partial charge in [-0.05, 0) is 55.5 Å². The molecule has 0 aliphatic carbocycles. The highest BCUT2D eigenvalue weighted by atomic mass is 15.1. The van der Waals surface area contributed by atoms with Gasteiger partial charge in [0.2, 0.25) is 0 Å². The van der Waals surface area contributed by atoms with Crippen LogP contribution in [-0.4, -0.2) is 24.8 Å². The summed E-state index contributed by atoms with van der Waals surface area (Å²) < 4.78 is 0. The molecule has 0 bridgehead atoms. The van der Waals surface area contributed by atoms with Crippen LogP contribution >= 0.6 is 0 Å². The minimum absolute atomic E-state index is 0.701. The van der Waals surface area contributed by atoms with E-state index in [1.165, 1.54) is 0 Å². The van der Waals surface area contributed by atoms with Crippen molar-refractivity contribution in [3.05, 3.63) is 108 Å². The third-order valence-electron chi connectivity index (χ3n) is 4.57. The van der Waals surface area contributed by atoms with Crippen LogP contribution in [-0.2, 0) is 19.6 Å². The molecule has 4 rings (SSSR count). The number of rotatable bonds is 7. The van der Waals surface area contributed by atoms with Crippen molar-refractivity contribution in [1.29, 1.82) is 0 Å². The summed E-state index contributed by atoms with van der Waals surface area (Å²) in [6.45, 7) is 4.15. The smallest absolute Gasteiger partial charge is 0.0890 e. The Morgan fingerprint density at radius 3 is 1.72 bits per heavy atom. The van der Waals surface area contributed by atoms with Crippen LogP contribution in [0.4, 0.5) is 0 Å². The molecule has 5 heteroatoms. The Morgan fingerprint density at radius 1 is 0.586 bits per heavy atom. The largest absolute Gasteiger partial charge is 0.286 e. The summed E-state index contributed by atoms with van der Waals surface area (Å²) in [5, 5.41) is 0. The van der Waals surface area contributed by atoms with E-state index >= 15 is 0 Å². The fourth-order valence-electron chi connectivity index (χ4n) is 3.23. The van der Waals surface area contributed by atoms with Gasteiger partial charge in [-0.3, -0.25) is 19.9 Å². The molecule has 4 heterocycles. The van der Waals surface area contributed by atoms with Crippen LogP contribution in [0.15, 0.2) is 85.2 Å². The first-order valence-electron chi connectivity index (χ1n) is 9.68. The van der Waals surface area contributed by atoms with Crippen LogP contribution in [0.5, 0.6) is 0 Å². The first-order chi connectivity index (χ1) is 14.3. The maximum absolute atomic E-state index is 4.86. The van der Waals surface area contributed by atoms with Crippen molar-refractivity contribution in [2.24, 2.45) is 0 Å². The Morgan fingerprint density at radius 2 is 1.14 bits per heavy atom. The van der Waals surface area contributed by atoms with Gasteiger partial charge in [0, 0.05) is 37.7 Å². The van der Waals surface area contributed by atoms with Crippen LogP contribution < -0.4 is 0 Å². The van der Waals surface area contributed by atoms with Crippen LogP contribution in [0.2, 0.25) is 0 Å². The Kier molecular flexibility index (Phi) is 5.98. The van der Waals surface area contributed by atoms with Gasteiger partial charge in [0.25, 0.3) is 0 Å². The number of aromatic nitrogens is 4. The molecule has 0 saturated carbocycles. The number of hydrogen-bond donors (Lipinski definition) is 0. The van der Waals surface area contributed by atoms with E-state index in [2.05, 4.69) is 25.9 Å². The van der Waals surface area contributed by atoms with E-state index in [-0.39, 0.29) is 0 Å². The fourth-order valence-corrected chi connectivity index (χ4v) is 3.23. The van der Waals surface area contributed by atoms with Crippen LogP contribution in [0.25, 0.3) is 11.4 Å². The second kappa shape index (κ2) is 9.17. The van der Waals surface area contributed by atoms with E-state index in [9.17, 15) is 0 Å². The summed E-state index contributed by atoms with van der Waals surface area (Å²) in [5.41, 5.74) is 5.83. The molecule has 5 nitrogen and oxygen atoms in total. The van der Waals surface area contributed by atoms with E-state index in [1.54, 1.807) is 0 Å². The molecule has 0 aromatic carbocycles. The average Bonchev–Trinajstić information content (AvgIpc) is 2.75. The lowest BCUT2D eigenvalue weighted by Crippen LogP contribution is -2.24. The quantitative estimate of drug-likeness (QED) is 0.474. The van der Waals surface area contributed by atoms with Gasteiger partial charge in [-0.25, -0.2) is 4.98 Å². The molecule has 4 aromatic rings. The molecule has 0 aliphatic rings. The first kappa shape index (κ1) is 18.9. The van der Waals surface area contributed by atoms with Crippen molar-refractivity contribution in [2.45, 2.75) is 26.6 Å². The number of pyridine rings is 4. The van der Waals surface area contributed by atoms with Gasteiger partial charge in [-0.1, -0.05) is 24.3 Å². The molecular weight excluding hydrogens is 358 g/mol. The third-order valence-corrected chi connectivity index (χ3v) is 4.57. The zero-order chi connectivity index (χ0) is 19.9. The van der Waals surface area contributed by atoms with Crippen molar-refractivity contribution < 1.29 is 0 Å². The Balaban J connectivity index is 1.57. The third kappa shape index (κ3) is 5.30. The van der Waals surface area contributed by atoms with E-state index in [4.69, 9.17) is 4.98 Å². The van der Waals surface area contributed by atoms with E-state index in [1.807, 2.05) is 86.0 Å². The van der Waals surface area contributed by atoms with Crippen molar-refractivity contribution >= 4 is 0 Å². The molecule has 0 amide bonds. The normalized spacial score (nSPS) is 11.0. The van der Waals surface area contributed by atoms with Crippen LogP contribution in [0, 0.1) is 6.92 Å². The molecule has 0 saturated heterocycles. The monoisotopic (exact) mass is 381 g/mol. The average molecular weight is 381 g/mol. The molecular formula is C24H23N5. The molecule has 144 valence electrons. The minimum Gasteiger partial charge on any atom is -0.286 e. The van der Waals surface area contributed by atoms with Crippen LogP contribution in [0.3, 0.4) is 0 Å². The van der Waals surface area contributed by atoms with Gasteiger partial charge in [0.15, 0.2) is 0 Å². The molecule has 4 aromatic heterocycles. The van der Waals surface area contributed by atoms with Crippen molar-refractivity contribution in [2.75, 3.05) is 0 Å². The van der Waals surface area contributed by atoms with E-state index < -0.39 is 0 Å². The van der Waals surface area contributed by atoms with Crippen LogP contribution in [0.1, 0.15) is 22.8 Å². The lowest BCUT2D eigenvalue weighted by molar-refractivity contribution is 0.239. The highest BCUT2D eigenvalue weighted by Crippen LogP contribution is 2.17. The summed E-state index contributed by atoms with van der Waals surface area (Å²) in [4.78, 5) is 20.7. The maximum atomic E-state index is 4.86. The molecule has 0 aliphatic heterocycles. The Bertz CT molecular complexity index is 1010. The van der Waals surface area contributed by atoms with Gasteiger partial charge < -0.3 is 0 Å². The van der Waals surface area contributed by atoms with Gasteiger partial charge >= 0.3 is 0 Å². The molecule has 0 radical (unpaired) electrons. The predicted molar refractivity (Wildman–Crippen MR) is 114 cm³/mol. The van der Waals surface area contributed by atoms with Gasteiger partial charge in [-0.2, -0.15) is 0 Å². The van der Waals surface area contributed by atoms with Gasteiger partial charge in [-0.15, -0.1) is 0 Å². The summed E-state index contributed by atoms with van der Waals surface area (Å²) >= 11 is 0. The highest BCUT2D eigenvalue weighted by Gasteiger charge is 2.12. The molecule has 0 spiro atoms. The minimum atomic E-state index is 0.701. The zero-order valence-electron chi connectivity index (χ0n) is 16.4. The molecule has 0 unspecified atom stereocenters. The molecule has 0 fully saturated rings. The topological polar surface area (TPSA) is 54.8 Å². The summed E-state index contributed by atoms with van der Waals surface area (Å²) in [5.74, 6) is 0. The maximum Gasteiger partial charge on any atom is 0.0890 e. The van der Waals surface area contributed by atoms with E-state index in [0.717, 1.165) is 47.3 Å². The van der Waals surface area contributed by atoms with Crippen molar-refractivity contribution in [1.82, 2.24) is 24.8 Å². The zero-order valence-corrected chi connectivity index (χ0v) is 16.4. The highest BCUT2D eigenvalue weighted by molar-refractivity contribution is 5.54. The lowest BCUT2D eigenvalue weighted by Gasteiger charge is -2.21. The standard InChI is InChI=1S/C24H23N5/c1-19-8-6-12-23(27-19)24-13-7-11-22(28-24)18-29(16-20-9-2-4-14-25-20)17-21-10-3-5-15-26-21/h2-15H,16-18H2,1H3. The first-order valence-corrected chi connectivity index (χ1v) is 9.68. The summed E-state index contributed by atoms with van der Waals surface area (Å²) in [6.07, 6.45) is 3.66. The fraction of sp³-hybridized carbons (Fsp3) is 0.167.